The van der Waals surface area contributed by atoms with Gasteiger partial charge in [-0.3, -0.25) is 4.79 Å². The largest absolute Gasteiger partial charge is 0.306 e. The molecule has 5 aromatic rings. The summed E-state index contributed by atoms with van der Waals surface area (Å²) in [6.45, 7) is 3.88. The van der Waals surface area contributed by atoms with Gasteiger partial charge in [-0.15, -0.1) is 0 Å². The summed E-state index contributed by atoms with van der Waals surface area (Å²) in [4.78, 5) is 17.7. The lowest BCUT2D eigenvalue weighted by Crippen LogP contribution is -2.15. The number of thiazole rings is 1. The van der Waals surface area contributed by atoms with Crippen LogP contribution in [-0.4, -0.2) is 20.7 Å². The lowest BCUT2D eigenvalue weighted by molar-refractivity contribution is 0.102. The maximum atomic E-state index is 12.9. The molecule has 3 aromatic carbocycles. The van der Waals surface area contributed by atoms with Gasteiger partial charge in [0.2, 0.25) is 5.13 Å². The van der Waals surface area contributed by atoms with Gasteiger partial charge >= 0.3 is 0 Å². The molecule has 0 spiro atoms. The summed E-state index contributed by atoms with van der Waals surface area (Å²) in [5.74, 6) is 0.355. The Morgan fingerprint density at radius 3 is 2.41 bits per heavy atom. The van der Waals surface area contributed by atoms with Crippen LogP contribution >= 0.6 is 22.9 Å². The van der Waals surface area contributed by atoms with Crippen molar-refractivity contribution in [1.82, 2.24) is 14.8 Å². The molecular weight excluding hydrogens is 440 g/mol. The predicted molar refractivity (Wildman–Crippen MR) is 131 cm³/mol. The number of nitrogens with zero attached hydrogens (tertiary/aromatic N) is 3. The normalized spacial score (nSPS) is 11.1. The van der Waals surface area contributed by atoms with Crippen LogP contribution in [0.2, 0.25) is 5.02 Å². The Bertz CT molecular complexity index is 1400. The number of carbonyl (C=O) groups is 1. The highest BCUT2D eigenvalue weighted by Gasteiger charge is 2.17. The molecule has 2 aromatic heterocycles. The maximum Gasteiger partial charge on any atom is 0.256 e. The number of hydrogen-bond donors (Lipinski definition) is 1. The van der Waals surface area contributed by atoms with Crippen molar-refractivity contribution in [3.05, 3.63) is 94.6 Å². The molecule has 0 radical (unpaired) electrons. The minimum Gasteiger partial charge on any atom is -0.306 e. The Hall–Kier alpha value is -3.48. The summed E-state index contributed by atoms with van der Waals surface area (Å²) < 4.78 is 2.56. The zero-order valence-electron chi connectivity index (χ0n) is 17.5. The van der Waals surface area contributed by atoms with E-state index < -0.39 is 0 Å². The van der Waals surface area contributed by atoms with E-state index >= 15 is 0 Å². The molecular formula is C25H19ClN4OS. The fraction of sp³-hybridized carbons (Fsp3) is 0.0800. The van der Waals surface area contributed by atoms with Crippen LogP contribution in [0.5, 0.6) is 0 Å². The van der Waals surface area contributed by atoms with E-state index in [-0.39, 0.29) is 5.91 Å². The first-order chi connectivity index (χ1) is 15.5. The van der Waals surface area contributed by atoms with Gasteiger partial charge in [0.25, 0.3) is 5.91 Å². The predicted octanol–water partition coefficient (Wildman–Crippen LogP) is 6.67. The molecule has 158 valence electrons. The van der Waals surface area contributed by atoms with Crippen LogP contribution < -0.4 is 5.32 Å². The summed E-state index contributed by atoms with van der Waals surface area (Å²) in [5, 5.41) is 8.82. The van der Waals surface area contributed by atoms with Gasteiger partial charge in [-0.1, -0.05) is 71.5 Å². The Labute approximate surface area is 194 Å². The highest BCUT2D eigenvalue weighted by molar-refractivity contribution is 7.21. The number of benzene rings is 3. The zero-order chi connectivity index (χ0) is 22.2. The van der Waals surface area contributed by atoms with Crippen LogP contribution in [0.3, 0.4) is 0 Å². The van der Waals surface area contributed by atoms with Crippen LogP contribution in [0.1, 0.15) is 21.6 Å². The van der Waals surface area contributed by atoms with E-state index in [9.17, 15) is 4.79 Å². The summed E-state index contributed by atoms with van der Waals surface area (Å²) in [6.07, 6.45) is 0. The molecule has 0 saturated carbocycles. The van der Waals surface area contributed by atoms with Gasteiger partial charge in [-0.25, -0.2) is 4.98 Å². The standard InChI is InChI=1S/C25H19ClN4OS/c1-15-8-13-20(26)23-22(15)28-25(32-23)30-21(14-16(2)29-30)27-24(31)19-11-9-18(10-12-19)17-6-4-3-5-7-17/h3-14H,1-2H3,(H,27,31). The van der Waals surface area contributed by atoms with E-state index in [1.54, 1.807) is 4.68 Å². The lowest BCUT2D eigenvalue weighted by atomic mass is 10.0. The second-order valence-corrected chi connectivity index (χ2v) is 8.90. The lowest BCUT2D eigenvalue weighted by Gasteiger charge is -2.07. The SMILES string of the molecule is Cc1cc(NC(=O)c2ccc(-c3ccccc3)cc2)n(-c2nc3c(C)ccc(Cl)c3s2)n1. The van der Waals surface area contributed by atoms with Crippen molar-refractivity contribution in [3.8, 4) is 16.3 Å². The van der Waals surface area contributed by atoms with E-state index in [4.69, 9.17) is 16.6 Å². The van der Waals surface area contributed by atoms with E-state index in [0.29, 0.717) is 21.5 Å². The van der Waals surface area contributed by atoms with Crippen LogP contribution in [0.4, 0.5) is 5.82 Å². The van der Waals surface area contributed by atoms with Gasteiger partial charge in [-0.2, -0.15) is 9.78 Å². The minimum atomic E-state index is -0.207. The summed E-state index contributed by atoms with van der Waals surface area (Å²) in [6, 6.07) is 23.3. The number of nitrogens with one attached hydrogen (secondary N) is 1. The molecule has 0 saturated heterocycles. The maximum absolute atomic E-state index is 12.9. The third-order valence-electron chi connectivity index (χ3n) is 5.19. The first-order valence-electron chi connectivity index (χ1n) is 10.1. The number of halogens is 1. The topological polar surface area (TPSA) is 59.8 Å². The van der Waals surface area contributed by atoms with Crippen LogP contribution in [0.15, 0.2) is 72.8 Å². The van der Waals surface area contributed by atoms with Crippen molar-refractivity contribution in [2.45, 2.75) is 13.8 Å². The van der Waals surface area contributed by atoms with Crippen LogP contribution in [0.25, 0.3) is 26.5 Å². The molecule has 5 rings (SSSR count). The highest BCUT2D eigenvalue weighted by atomic mass is 35.5. The third-order valence-corrected chi connectivity index (χ3v) is 6.69. The molecule has 1 amide bonds. The number of carbonyl (C=O) groups excluding carboxylic acids is 1. The fourth-order valence-corrected chi connectivity index (χ4v) is 4.83. The second kappa shape index (κ2) is 8.22. The quantitative estimate of drug-likeness (QED) is 0.327. The number of anilines is 1. The summed E-state index contributed by atoms with van der Waals surface area (Å²) >= 11 is 7.81. The molecule has 0 aliphatic carbocycles. The third kappa shape index (κ3) is 3.79. The number of fused-ring (bicyclic) bond motifs is 1. The Morgan fingerprint density at radius 2 is 1.69 bits per heavy atom. The summed E-state index contributed by atoms with van der Waals surface area (Å²) in [5.41, 5.74) is 5.40. The van der Waals surface area contributed by atoms with E-state index in [2.05, 4.69) is 10.4 Å². The average Bonchev–Trinajstić information content (AvgIpc) is 3.41. The van der Waals surface area contributed by atoms with Crippen molar-refractivity contribution >= 4 is 44.9 Å². The van der Waals surface area contributed by atoms with Gasteiger partial charge in [0.15, 0.2) is 0 Å². The van der Waals surface area contributed by atoms with Crippen LogP contribution in [-0.2, 0) is 0 Å². The molecule has 0 aliphatic heterocycles. The van der Waals surface area contributed by atoms with Crippen molar-refractivity contribution in [2.24, 2.45) is 0 Å². The smallest absolute Gasteiger partial charge is 0.256 e. The molecule has 0 fully saturated rings. The van der Waals surface area contributed by atoms with Gasteiger partial charge in [0.05, 0.1) is 20.9 Å². The van der Waals surface area contributed by atoms with E-state index in [1.165, 1.54) is 11.3 Å². The average molecular weight is 459 g/mol. The van der Waals surface area contributed by atoms with Gasteiger partial charge in [0, 0.05) is 11.6 Å². The number of aromatic nitrogens is 3. The molecule has 0 unspecified atom stereocenters. The second-order valence-electron chi connectivity index (χ2n) is 7.52. The molecule has 0 atom stereocenters. The van der Waals surface area contributed by atoms with Gasteiger partial charge in [0.1, 0.15) is 5.82 Å². The Balaban J connectivity index is 1.44. The highest BCUT2D eigenvalue weighted by Crippen LogP contribution is 2.34. The van der Waals surface area contributed by atoms with Crippen molar-refractivity contribution in [1.29, 1.82) is 0 Å². The number of rotatable bonds is 4. The van der Waals surface area contributed by atoms with Crippen molar-refractivity contribution in [2.75, 3.05) is 5.32 Å². The molecule has 0 aliphatic rings. The van der Waals surface area contributed by atoms with Gasteiger partial charge < -0.3 is 5.32 Å². The fourth-order valence-electron chi connectivity index (χ4n) is 3.55. The Kier molecular flexibility index (Phi) is 5.25. The van der Waals surface area contributed by atoms with Crippen LogP contribution in [0, 0.1) is 13.8 Å². The molecule has 5 nitrogen and oxygen atoms in total. The first-order valence-corrected chi connectivity index (χ1v) is 11.3. The van der Waals surface area contributed by atoms with Gasteiger partial charge in [-0.05, 0) is 48.7 Å². The number of hydrogen-bond acceptors (Lipinski definition) is 4. The molecule has 0 bridgehead atoms. The molecule has 32 heavy (non-hydrogen) atoms. The number of aryl methyl sites for hydroxylation is 2. The molecule has 7 heteroatoms. The zero-order valence-corrected chi connectivity index (χ0v) is 19.0. The van der Waals surface area contributed by atoms with Crippen molar-refractivity contribution in [3.63, 3.8) is 0 Å². The summed E-state index contributed by atoms with van der Waals surface area (Å²) in [7, 11) is 0. The molecule has 1 N–H and O–H groups in total. The number of amides is 1. The first kappa shape index (κ1) is 20.4. The Morgan fingerprint density at radius 1 is 0.969 bits per heavy atom. The minimum absolute atomic E-state index is 0.207. The van der Waals surface area contributed by atoms with Crippen molar-refractivity contribution < 1.29 is 4.79 Å². The van der Waals surface area contributed by atoms with E-state index in [0.717, 1.165) is 32.6 Å². The van der Waals surface area contributed by atoms with E-state index in [1.807, 2.05) is 86.6 Å². The monoisotopic (exact) mass is 458 g/mol. The molecule has 2 heterocycles.